The van der Waals surface area contributed by atoms with Crippen LogP contribution in [0.3, 0.4) is 0 Å². The topological polar surface area (TPSA) is 20.2 Å². The normalized spacial score (nSPS) is 30.8. The smallest absolute Gasteiger partial charge is 0.135 e. The predicted octanol–water partition coefficient (Wildman–Crippen LogP) is 4.55. The molecule has 0 aromatic heterocycles. The molecule has 0 amide bonds. The number of benzene rings is 1. The maximum absolute atomic E-state index is 14.5. The van der Waals surface area contributed by atoms with E-state index in [1.807, 2.05) is 20.8 Å². The Morgan fingerprint density at radius 2 is 1.90 bits per heavy atom. The highest BCUT2D eigenvalue weighted by molar-refractivity contribution is 5.32. The lowest BCUT2D eigenvalue weighted by molar-refractivity contribution is -0.0911. The Labute approximate surface area is 120 Å². The molecule has 1 aliphatic carbocycles. The van der Waals surface area contributed by atoms with Gasteiger partial charge in [0, 0.05) is 0 Å². The summed E-state index contributed by atoms with van der Waals surface area (Å²) in [7, 11) is 0. The third-order valence-corrected chi connectivity index (χ3v) is 4.77. The summed E-state index contributed by atoms with van der Waals surface area (Å²) >= 11 is 0. The molecule has 3 heteroatoms. The van der Waals surface area contributed by atoms with E-state index in [4.69, 9.17) is 0 Å². The second kappa shape index (κ2) is 5.44. The summed E-state index contributed by atoms with van der Waals surface area (Å²) in [6.07, 6.45) is 2.23. The van der Waals surface area contributed by atoms with Crippen molar-refractivity contribution in [3.63, 3.8) is 0 Å². The minimum Gasteiger partial charge on any atom is -0.385 e. The Hall–Kier alpha value is -0.960. The Kier molecular flexibility index (Phi) is 4.19. The van der Waals surface area contributed by atoms with Crippen molar-refractivity contribution >= 4 is 0 Å². The molecule has 0 radical (unpaired) electrons. The molecule has 3 atom stereocenters. The molecular formula is C17H24F2O. The van der Waals surface area contributed by atoms with E-state index >= 15 is 0 Å². The van der Waals surface area contributed by atoms with Crippen LogP contribution in [0, 0.1) is 36.3 Å². The summed E-state index contributed by atoms with van der Waals surface area (Å²) < 4.78 is 28.7. The lowest BCUT2D eigenvalue weighted by Crippen LogP contribution is -2.44. The Morgan fingerprint density at radius 3 is 2.50 bits per heavy atom. The summed E-state index contributed by atoms with van der Waals surface area (Å²) in [4.78, 5) is 0. The molecule has 2 rings (SSSR count). The van der Waals surface area contributed by atoms with Gasteiger partial charge in [0.1, 0.15) is 11.6 Å². The molecule has 1 N–H and O–H groups in total. The van der Waals surface area contributed by atoms with E-state index in [0.29, 0.717) is 12.0 Å². The number of hydrogen-bond donors (Lipinski definition) is 1. The standard InChI is InChI=1S/C17H24F2O/c1-10(2)13-7-5-11(3)9-17(13,20)15-14(18)8-6-12(4)16(15)19/h6,8,10-11,13,20H,5,7,9H2,1-4H3. The first-order valence-corrected chi connectivity index (χ1v) is 7.44. The van der Waals surface area contributed by atoms with Crippen molar-refractivity contribution in [2.24, 2.45) is 17.8 Å². The van der Waals surface area contributed by atoms with Crippen molar-refractivity contribution in [3.05, 3.63) is 34.9 Å². The minimum absolute atomic E-state index is 0.107. The minimum atomic E-state index is -1.40. The van der Waals surface area contributed by atoms with E-state index in [1.165, 1.54) is 12.1 Å². The van der Waals surface area contributed by atoms with Crippen molar-refractivity contribution in [3.8, 4) is 0 Å². The molecule has 1 saturated carbocycles. The fourth-order valence-corrected chi connectivity index (χ4v) is 3.71. The molecule has 1 aliphatic rings. The lowest BCUT2D eigenvalue weighted by Gasteiger charge is -2.45. The van der Waals surface area contributed by atoms with Crippen molar-refractivity contribution < 1.29 is 13.9 Å². The van der Waals surface area contributed by atoms with Gasteiger partial charge in [0.2, 0.25) is 0 Å². The van der Waals surface area contributed by atoms with Crippen LogP contribution >= 0.6 is 0 Å². The number of aliphatic hydroxyl groups is 1. The van der Waals surface area contributed by atoms with Gasteiger partial charge >= 0.3 is 0 Å². The Bertz CT molecular complexity index is 498. The number of aryl methyl sites for hydroxylation is 1. The summed E-state index contributed by atoms with van der Waals surface area (Å²) in [6.45, 7) is 7.67. The zero-order valence-electron chi connectivity index (χ0n) is 12.7. The summed E-state index contributed by atoms with van der Waals surface area (Å²) in [5, 5.41) is 11.1. The van der Waals surface area contributed by atoms with Gasteiger partial charge in [-0.1, -0.05) is 33.3 Å². The molecule has 0 heterocycles. The molecule has 1 fully saturated rings. The van der Waals surface area contributed by atoms with E-state index in [2.05, 4.69) is 0 Å². The zero-order chi connectivity index (χ0) is 15.1. The van der Waals surface area contributed by atoms with E-state index in [-0.39, 0.29) is 23.3 Å². The first kappa shape index (κ1) is 15.4. The van der Waals surface area contributed by atoms with Crippen LogP contribution in [0.25, 0.3) is 0 Å². The van der Waals surface area contributed by atoms with Crippen LogP contribution < -0.4 is 0 Å². The van der Waals surface area contributed by atoms with Gasteiger partial charge in [-0.05, 0) is 49.1 Å². The van der Waals surface area contributed by atoms with Crippen LogP contribution in [-0.4, -0.2) is 5.11 Å². The maximum atomic E-state index is 14.5. The van der Waals surface area contributed by atoms with Gasteiger partial charge in [0.05, 0.1) is 11.2 Å². The molecule has 0 saturated heterocycles. The summed E-state index contributed by atoms with van der Waals surface area (Å²) in [5.41, 5.74) is -1.13. The molecule has 1 nitrogen and oxygen atoms in total. The first-order valence-electron chi connectivity index (χ1n) is 7.44. The lowest BCUT2D eigenvalue weighted by atomic mass is 9.64. The van der Waals surface area contributed by atoms with Crippen LogP contribution in [0.4, 0.5) is 8.78 Å². The SMILES string of the molecule is Cc1ccc(F)c(C2(O)CC(C)CCC2C(C)C)c1F. The van der Waals surface area contributed by atoms with Crippen molar-refractivity contribution in [1.29, 1.82) is 0 Å². The fourth-order valence-electron chi connectivity index (χ4n) is 3.71. The highest BCUT2D eigenvalue weighted by Gasteiger charge is 2.47. The second-order valence-electron chi connectivity index (χ2n) is 6.71. The van der Waals surface area contributed by atoms with Crippen molar-refractivity contribution in [1.82, 2.24) is 0 Å². The molecular weight excluding hydrogens is 258 g/mol. The van der Waals surface area contributed by atoms with Crippen LogP contribution in [0.2, 0.25) is 0 Å². The molecule has 0 spiro atoms. The number of hydrogen-bond acceptors (Lipinski definition) is 1. The highest BCUT2D eigenvalue weighted by Crippen LogP contribution is 2.48. The van der Waals surface area contributed by atoms with Crippen LogP contribution in [-0.2, 0) is 5.60 Å². The van der Waals surface area contributed by atoms with Gasteiger partial charge in [0.15, 0.2) is 0 Å². The van der Waals surface area contributed by atoms with E-state index in [1.54, 1.807) is 6.92 Å². The Balaban J connectivity index is 2.59. The molecule has 20 heavy (non-hydrogen) atoms. The Morgan fingerprint density at radius 1 is 1.25 bits per heavy atom. The summed E-state index contributed by atoms with van der Waals surface area (Å²) in [6, 6.07) is 2.69. The van der Waals surface area contributed by atoms with Gasteiger partial charge in [-0.3, -0.25) is 0 Å². The van der Waals surface area contributed by atoms with Gasteiger partial charge in [-0.25, -0.2) is 8.78 Å². The van der Waals surface area contributed by atoms with Crippen LogP contribution in [0.5, 0.6) is 0 Å². The maximum Gasteiger partial charge on any atom is 0.135 e. The largest absolute Gasteiger partial charge is 0.385 e. The van der Waals surface area contributed by atoms with Crippen molar-refractivity contribution in [2.45, 2.75) is 52.6 Å². The third-order valence-electron chi connectivity index (χ3n) is 4.77. The number of halogens is 2. The van der Waals surface area contributed by atoms with Crippen LogP contribution in [0.15, 0.2) is 12.1 Å². The third kappa shape index (κ3) is 2.48. The highest BCUT2D eigenvalue weighted by atomic mass is 19.1. The zero-order valence-corrected chi connectivity index (χ0v) is 12.7. The van der Waals surface area contributed by atoms with E-state index < -0.39 is 17.2 Å². The quantitative estimate of drug-likeness (QED) is 0.843. The number of rotatable bonds is 2. The van der Waals surface area contributed by atoms with E-state index in [9.17, 15) is 13.9 Å². The van der Waals surface area contributed by atoms with Crippen molar-refractivity contribution in [2.75, 3.05) is 0 Å². The van der Waals surface area contributed by atoms with Crippen LogP contribution in [0.1, 0.15) is 51.2 Å². The van der Waals surface area contributed by atoms with E-state index in [0.717, 1.165) is 12.8 Å². The van der Waals surface area contributed by atoms with Gasteiger partial charge in [-0.2, -0.15) is 0 Å². The molecule has 3 unspecified atom stereocenters. The van der Waals surface area contributed by atoms with Gasteiger partial charge in [0.25, 0.3) is 0 Å². The summed E-state index contributed by atoms with van der Waals surface area (Å²) in [5.74, 6) is -0.867. The fraction of sp³-hybridized carbons (Fsp3) is 0.647. The first-order chi connectivity index (χ1) is 9.27. The molecule has 1 aromatic rings. The van der Waals surface area contributed by atoms with Gasteiger partial charge < -0.3 is 5.11 Å². The predicted molar refractivity (Wildman–Crippen MR) is 76.3 cm³/mol. The molecule has 0 aliphatic heterocycles. The second-order valence-corrected chi connectivity index (χ2v) is 6.71. The van der Waals surface area contributed by atoms with Gasteiger partial charge in [-0.15, -0.1) is 0 Å². The monoisotopic (exact) mass is 282 g/mol. The molecule has 112 valence electrons. The average Bonchev–Trinajstić information content (AvgIpc) is 2.33. The average molecular weight is 282 g/mol. The molecule has 1 aromatic carbocycles. The molecule has 0 bridgehead atoms.